The highest BCUT2D eigenvalue weighted by atomic mass is 19.1. The van der Waals surface area contributed by atoms with E-state index in [0.29, 0.717) is 23.4 Å². The summed E-state index contributed by atoms with van der Waals surface area (Å²) in [6.45, 7) is 2.78. The van der Waals surface area contributed by atoms with Crippen molar-refractivity contribution >= 4 is 5.91 Å². The monoisotopic (exact) mass is 498 g/mol. The summed E-state index contributed by atoms with van der Waals surface area (Å²) in [7, 11) is 0. The average molecular weight is 499 g/mol. The highest BCUT2D eigenvalue weighted by molar-refractivity contribution is 5.94. The molecule has 0 saturated carbocycles. The third-order valence-electron chi connectivity index (χ3n) is 5.72. The van der Waals surface area contributed by atoms with E-state index in [9.17, 15) is 18.7 Å². The van der Waals surface area contributed by atoms with Gasteiger partial charge in [0.25, 0.3) is 5.91 Å². The van der Waals surface area contributed by atoms with Gasteiger partial charge in [0, 0.05) is 24.7 Å². The first-order valence-electron chi connectivity index (χ1n) is 11.9. The number of amides is 1. The zero-order valence-electron chi connectivity index (χ0n) is 20.2. The molecule has 3 rings (SSSR count). The molecular weight excluding hydrogens is 466 g/mol. The number of aliphatic hydroxyl groups excluding tert-OH is 2. The van der Waals surface area contributed by atoms with Gasteiger partial charge in [0.1, 0.15) is 24.0 Å². The minimum absolute atomic E-state index is 0.0340. The number of aliphatic hydroxyl groups is 2. The minimum Gasteiger partial charge on any atom is -0.491 e. The molecule has 0 saturated heterocycles. The van der Waals surface area contributed by atoms with Crippen LogP contribution in [0.2, 0.25) is 0 Å². The van der Waals surface area contributed by atoms with Crippen LogP contribution in [0, 0.1) is 11.6 Å². The molecule has 0 aliphatic carbocycles. The Kier molecular flexibility index (Phi) is 10.4. The maximum absolute atomic E-state index is 13.8. The van der Waals surface area contributed by atoms with E-state index in [-0.39, 0.29) is 26.2 Å². The van der Waals surface area contributed by atoms with Crippen LogP contribution in [0.3, 0.4) is 0 Å². The molecule has 0 bridgehead atoms. The molecule has 0 fully saturated rings. The Morgan fingerprint density at radius 3 is 2.33 bits per heavy atom. The summed E-state index contributed by atoms with van der Waals surface area (Å²) in [5, 5.41) is 25.8. The van der Waals surface area contributed by atoms with E-state index in [0.717, 1.165) is 18.1 Å². The normalized spacial score (nSPS) is 12.7. The second kappa shape index (κ2) is 13.7. The van der Waals surface area contributed by atoms with Gasteiger partial charge in [-0.2, -0.15) is 0 Å². The fourth-order valence-electron chi connectivity index (χ4n) is 3.85. The maximum atomic E-state index is 13.8. The van der Waals surface area contributed by atoms with Crippen molar-refractivity contribution in [1.29, 1.82) is 0 Å². The summed E-state index contributed by atoms with van der Waals surface area (Å²) >= 11 is 0. The van der Waals surface area contributed by atoms with E-state index < -0.39 is 29.7 Å². The smallest absolute Gasteiger partial charge is 0.251 e. The molecule has 2 atom stereocenters. The number of carbonyl (C=O) groups excluding carboxylic acids is 1. The van der Waals surface area contributed by atoms with Crippen molar-refractivity contribution in [2.24, 2.45) is 0 Å². The number of nitrogens with one attached hydrogen (secondary N) is 2. The summed E-state index contributed by atoms with van der Waals surface area (Å²) < 4.78 is 32.8. The van der Waals surface area contributed by atoms with Crippen LogP contribution in [0.25, 0.3) is 0 Å². The van der Waals surface area contributed by atoms with E-state index in [2.05, 4.69) is 23.6 Å². The van der Waals surface area contributed by atoms with Crippen LogP contribution in [-0.2, 0) is 19.4 Å². The van der Waals surface area contributed by atoms with Gasteiger partial charge in [0.2, 0.25) is 0 Å². The third-order valence-corrected chi connectivity index (χ3v) is 5.72. The van der Waals surface area contributed by atoms with Crippen molar-refractivity contribution in [2.75, 3.05) is 19.8 Å². The zero-order chi connectivity index (χ0) is 25.9. The molecule has 0 aromatic heterocycles. The van der Waals surface area contributed by atoms with Crippen LogP contribution in [-0.4, -0.2) is 48.0 Å². The van der Waals surface area contributed by atoms with Crippen LogP contribution in [0.1, 0.15) is 34.0 Å². The molecule has 0 spiro atoms. The van der Waals surface area contributed by atoms with Gasteiger partial charge in [-0.25, -0.2) is 8.78 Å². The molecule has 36 heavy (non-hydrogen) atoms. The fraction of sp³-hybridized carbons (Fsp3) is 0.321. The first kappa shape index (κ1) is 27.3. The number of halogens is 2. The highest BCUT2D eigenvalue weighted by Gasteiger charge is 2.23. The van der Waals surface area contributed by atoms with Gasteiger partial charge in [0.05, 0.1) is 18.8 Å². The van der Waals surface area contributed by atoms with E-state index in [4.69, 9.17) is 9.84 Å². The fourth-order valence-corrected chi connectivity index (χ4v) is 3.85. The molecule has 0 unspecified atom stereocenters. The Labute approximate surface area is 209 Å². The van der Waals surface area contributed by atoms with Crippen LogP contribution in [0.15, 0.2) is 66.7 Å². The Morgan fingerprint density at radius 1 is 0.972 bits per heavy atom. The molecular formula is C28H32F2N2O4. The SMILES string of the molecule is CCc1cccc(CNC[C@H](O)[C@H](Cc2cc(F)cc(F)c2)NC(=O)c2ccc(OCCO)cc2)c1. The summed E-state index contributed by atoms with van der Waals surface area (Å²) in [6, 6.07) is 16.8. The van der Waals surface area contributed by atoms with Gasteiger partial charge in [-0.1, -0.05) is 31.2 Å². The lowest BCUT2D eigenvalue weighted by Gasteiger charge is -2.25. The second-order valence-corrected chi connectivity index (χ2v) is 8.53. The number of ether oxygens (including phenoxy) is 1. The summed E-state index contributed by atoms with van der Waals surface area (Å²) in [5.74, 6) is -1.39. The van der Waals surface area contributed by atoms with Gasteiger partial charge in [-0.15, -0.1) is 0 Å². The van der Waals surface area contributed by atoms with Gasteiger partial charge >= 0.3 is 0 Å². The average Bonchev–Trinajstić information content (AvgIpc) is 2.86. The maximum Gasteiger partial charge on any atom is 0.251 e. The zero-order valence-corrected chi connectivity index (χ0v) is 20.2. The summed E-state index contributed by atoms with van der Waals surface area (Å²) in [4.78, 5) is 12.9. The molecule has 8 heteroatoms. The molecule has 0 radical (unpaired) electrons. The predicted molar refractivity (Wildman–Crippen MR) is 134 cm³/mol. The minimum atomic E-state index is -1.03. The Balaban J connectivity index is 1.69. The van der Waals surface area contributed by atoms with E-state index >= 15 is 0 Å². The van der Waals surface area contributed by atoms with Crippen LogP contribution in [0.4, 0.5) is 8.78 Å². The van der Waals surface area contributed by atoms with Crippen molar-refractivity contribution in [2.45, 2.75) is 38.5 Å². The molecule has 3 aromatic rings. The topological polar surface area (TPSA) is 90.8 Å². The van der Waals surface area contributed by atoms with Gasteiger partial charge in [0.15, 0.2) is 0 Å². The van der Waals surface area contributed by atoms with E-state index in [1.807, 2.05) is 18.2 Å². The number of aryl methyl sites for hydroxylation is 1. The quantitative estimate of drug-likeness (QED) is 0.290. The summed E-state index contributed by atoms with van der Waals surface area (Å²) in [6.07, 6.45) is -0.0722. The van der Waals surface area contributed by atoms with Crippen molar-refractivity contribution in [3.63, 3.8) is 0 Å². The van der Waals surface area contributed by atoms with Crippen LogP contribution in [0.5, 0.6) is 5.75 Å². The summed E-state index contributed by atoms with van der Waals surface area (Å²) in [5.41, 5.74) is 2.93. The number of hydrogen-bond donors (Lipinski definition) is 4. The highest BCUT2D eigenvalue weighted by Crippen LogP contribution is 2.15. The Morgan fingerprint density at radius 2 is 1.67 bits per heavy atom. The molecule has 6 nitrogen and oxygen atoms in total. The van der Waals surface area contributed by atoms with Gasteiger partial charge < -0.3 is 25.6 Å². The third kappa shape index (κ3) is 8.41. The molecule has 3 aromatic carbocycles. The molecule has 0 aliphatic rings. The molecule has 1 amide bonds. The van der Waals surface area contributed by atoms with Gasteiger partial charge in [-0.3, -0.25) is 4.79 Å². The predicted octanol–water partition coefficient (Wildman–Crippen LogP) is 3.39. The van der Waals surface area contributed by atoms with Crippen molar-refractivity contribution in [3.05, 3.63) is 101 Å². The molecule has 4 N–H and O–H groups in total. The number of carbonyl (C=O) groups is 1. The largest absolute Gasteiger partial charge is 0.491 e. The molecule has 0 heterocycles. The van der Waals surface area contributed by atoms with E-state index in [1.54, 1.807) is 24.3 Å². The number of rotatable bonds is 13. The molecule has 192 valence electrons. The first-order valence-corrected chi connectivity index (χ1v) is 11.9. The number of benzene rings is 3. The lowest BCUT2D eigenvalue weighted by Crippen LogP contribution is -2.48. The van der Waals surface area contributed by atoms with Crippen molar-refractivity contribution < 1.29 is 28.5 Å². The Hall–Kier alpha value is -3.33. The Bertz CT molecular complexity index is 1100. The van der Waals surface area contributed by atoms with Crippen molar-refractivity contribution in [3.8, 4) is 5.75 Å². The number of hydrogen-bond acceptors (Lipinski definition) is 5. The lowest BCUT2D eigenvalue weighted by atomic mass is 10.00. The van der Waals surface area contributed by atoms with Crippen LogP contribution >= 0.6 is 0 Å². The molecule has 0 aliphatic heterocycles. The van der Waals surface area contributed by atoms with E-state index in [1.165, 1.54) is 17.7 Å². The second-order valence-electron chi connectivity index (χ2n) is 8.53. The lowest BCUT2D eigenvalue weighted by molar-refractivity contribution is 0.0829. The standard InChI is InChI=1S/C28H32F2N2O4/c1-2-19-4-3-5-20(12-19)17-31-18-27(34)26(15-21-13-23(29)16-24(30)14-21)32-28(35)22-6-8-25(9-7-22)36-11-10-33/h3-9,12-14,16,26-27,31,33-34H,2,10-11,15,17-18H2,1H3,(H,32,35)/t26-,27-/m0/s1. The van der Waals surface area contributed by atoms with Crippen molar-refractivity contribution in [1.82, 2.24) is 10.6 Å². The van der Waals surface area contributed by atoms with Crippen LogP contribution < -0.4 is 15.4 Å². The first-order chi connectivity index (χ1) is 17.4. The van der Waals surface area contributed by atoms with Gasteiger partial charge in [-0.05, 0) is 65.9 Å².